The summed E-state index contributed by atoms with van der Waals surface area (Å²) < 4.78 is 7.14. The number of rotatable bonds is 6. The lowest BCUT2D eigenvalue weighted by Crippen LogP contribution is -2.40. The Kier molecular flexibility index (Phi) is 7.97. The molecule has 1 amide bonds. The molecule has 0 bridgehead atoms. The molecule has 0 atom stereocenters. The number of anilines is 1. The van der Waals surface area contributed by atoms with Gasteiger partial charge in [-0.05, 0) is 44.7 Å². The Bertz CT molecular complexity index is 1110. The smallest absolute Gasteiger partial charge is 0.309 e. The van der Waals surface area contributed by atoms with Crippen LogP contribution in [0.3, 0.4) is 0 Å². The maximum atomic E-state index is 12.9. The molecule has 2 saturated heterocycles. The van der Waals surface area contributed by atoms with Crippen molar-refractivity contribution in [1.29, 1.82) is 5.26 Å². The molecule has 1 aromatic heterocycles. The Morgan fingerprint density at radius 3 is 2.55 bits per heavy atom. The normalized spacial score (nSPS) is 18.2. The highest BCUT2D eigenvalue weighted by atomic mass is 32.2. The monoisotopic (exact) mass is 488 g/mol. The Labute approximate surface area is 203 Å². The lowest BCUT2D eigenvalue weighted by atomic mass is 9.95. The third-order valence-electron chi connectivity index (χ3n) is 5.98. The van der Waals surface area contributed by atoms with Crippen LogP contribution in [-0.4, -0.2) is 51.9 Å². The predicted molar refractivity (Wildman–Crippen MR) is 133 cm³/mol. The standard InChI is InChI=1S/C23H28N4O4S2/c1-5-9-27-21(29)18(33-23(27)32)12-16-14(3)17(13-24)20(28)25(4)19(16)26-10-7-15(8-11-26)22(30)31-6-2/h12,15H,5-11H2,1-4H3/b18-12-. The van der Waals surface area contributed by atoms with Gasteiger partial charge in [-0.15, -0.1) is 0 Å². The van der Waals surface area contributed by atoms with Gasteiger partial charge in [-0.3, -0.25) is 23.9 Å². The second-order valence-electron chi connectivity index (χ2n) is 8.06. The molecular weight excluding hydrogens is 460 g/mol. The molecule has 1 aromatic rings. The number of pyridine rings is 1. The second kappa shape index (κ2) is 10.5. The number of esters is 1. The number of carbonyl (C=O) groups excluding carboxylic acids is 2. The Morgan fingerprint density at radius 2 is 1.97 bits per heavy atom. The van der Waals surface area contributed by atoms with Crippen LogP contribution in [-0.2, 0) is 21.4 Å². The molecule has 176 valence electrons. The van der Waals surface area contributed by atoms with Crippen LogP contribution >= 0.6 is 24.0 Å². The first-order valence-corrected chi connectivity index (χ1v) is 12.3. The van der Waals surface area contributed by atoms with Gasteiger partial charge in [-0.2, -0.15) is 5.26 Å². The number of amides is 1. The molecule has 10 heteroatoms. The van der Waals surface area contributed by atoms with Crippen LogP contribution in [0.15, 0.2) is 9.70 Å². The minimum absolute atomic E-state index is 0.0537. The van der Waals surface area contributed by atoms with Crippen LogP contribution in [0, 0.1) is 24.2 Å². The first-order chi connectivity index (χ1) is 15.7. The summed E-state index contributed by atoms with van der Waals surface area (Å²) in [6, 6.07) is 2.01. The van der Waals surface area contributed by atoms with Gasteiger partial charge in [0.15, 0.2) is 0 Å². The van der Waals surface area contributed by atoms with E-state index in [1.54, 1.807) is 31.9 Å². The number of ether oxygens (including phenoxy) is 1. The van der Waals surface area contributed by atoms with E-state index >= 15 is 0 Å². The SMILES string of the molecule is CCCN1C(=O)/C(=C/c2c(C)c(C#N)c(=O)n(C)c2N2CCC(C(=O)OCC)CC2)SC1=S. The average molecular weight is 489 g/mol. The van der Waals surface area contributed by atoms with E-state index in [1.165, 1.54) is 16.3 Å². The molecule has 0 N–H and O–H groups in total. The van der Waals surface area contributed by atoms with Crippen LogP contribution in [0.1, 0.15) is 49.8 Å². The molecular formula is C23H28N4O4S2. The number of carbonyl (C=O) groups is 2. The van der Waals surface area contributed by atoms with Gasteiger partial charge in [0.25, 0.3) is 11.5 Å². The van der Waals surface area contributed by atoms with Crippen molar-refractivity contribution in [2.45, 2.75) is 40.0 Å². The summed E-state index contributed by atoms with van der Waals surface area (Å²) in [5.74, 6) is 0.110. The minimum Gasteiger partial charge on any atom is -0.466 e. The second-order valence-corrected chi connectivity index (χ2v) is 9.74. The number of aromatic nitrogens is 1. The topological polar surface area (TPSA) is 95.6 Å². The number of nitrogens with zero attached hydrogens (tertiary/aromatic N) is 4. The van der Waals surface area contributed by atoms with Crippen LogP contribution in [0.25, 0.3) is 6.08 Å². The van der Waals surface area contributed by atoms with Gasteiger partial charge in [-0.25, -0.2) is 0 Å². The van der Waals surface area contributed by atoms with Gasteiger partial charge in [0.2, 0.25) is 0 Å². The first kappa shape index (κ1) is 25.0. The van der Waals surface area contributed by atoms with Crippen molar-refractivity contribution < 1.29 is 14.3 Å². The number of thiocarbonyl (C=S) groups is 1. The molecule has 0 spiro atoms. The summed E-state index contributed by atoms with van der Waals surface area (Å²) >= 11 is 6.62. The predicted octanol–water partition coefficient (Wildman–Crippen LogP) is 2.96. The van der Waals surface area contributed by atoms with Gasteiger partial charge < -0.3 is 9.64 Å². The van der Waals surface area contributed by atoms with E-state index in [1.807, 2.05) is 17.9 Å². The van der Waals surface area contributed by atoms with Crippen molar-refractivity contribution in [3.05, 3.63) is 31.9 Å². The maximum absolute atomic E-state index is 12.9. The highest BCUT2D eigenvalue weighted by molar-refractivity contribution is 8.26. The van der Waals surface area contributed by atoms with Gasteiger partial charge in [-0.1, -0.05) is 30.9 Å². The van der Waals surface area contributed by atoms with Crippen molar-refractivity contribution in [1.82, 2.24) is 9.47 Å². The maximum Gasteiger partial charge on any atom is 0.309 e. The summed E-state index contributed by atoms with van der Waals surface area (Å²) in [5.41, 5.74) is 0.857. The quantitative estimate of drug-likeness (QED) is 0.343. The summed E-state index contributed by atoms with van der Waals surface area (Å²) in [7, 11) is 1.63. The molecule has 2 aliphatic rings. The molecule has 3 heterocycles. The highest BCUT2D eigenvalue weighted by Gasteiger charge is 2.33. The summed E-state index contributed by atoms with van der Waals surface area (Å²) in [5, 5.41) is 9.61. The molecule has 3 rings (SSSR count). The third-order valence-corrected chi connectivity index (χ3v) is 7.36. The Morgan fingerprint density at radius 1 is 1.30 bits per heavy atom. The number of thioether (sulfide) groups is 1. The average Bonchev–Trinajstić information content (AvgIpc) is 3.06. The lowest BCUT2D eigenvalue weighted by molar-refractivity contribution is -0.148. The molecule has 33 heavy (non-hydrogen) atoms. The lowest BCUT2D eigenvalue weighted by Gasteiger charge is -2.35. The van der Waals surface area contributed by atoms with Crippen molar-refractivity contribution in [3.63, 3.8) is 0 Å². The van der Waals surface area contributed by atoms with Crippen LogP contribution in [0.5, 0.6) is 0 Å². The van der Waals surface area contributed by atoms with E-state index in [0.29, 0.717) is 65.3 Å². The summed E-state index contributed by atoms with van der Waals surface area (Å²) in [4.78, 5) is 42.1. The minimum atomic E-state index is -0.381. The van der Waals surface area contributed by atoms with Gasteiger partial charge in [0.1, 0.15) is 21.8 Å². The van der Waals surface area contributed by atoms with E-state index in [4.69, 9.17) is 17.0 Å². The number of piperidine rings is 1. The zero-order valence-electron chi connectivity index (χ0n) is 19.3. The molecule has 0 unspecified atom stereocenters. The van der Waals surface area contributed by atoms with Crippen molar-refractivity contribution in [3.8, 4) is 6.07 Å². The zero-order valence-corrected chi connectivity index (χ0v) is 21.0. The largest absolute Gasteiger partial charge is 0.466 e. The fourth-order valence-corrected chi connectivity index (χ4v) is 5.52. The number of hydrogen-bond donors (Lipinski definition) is 0. The molecule has 0 radical (unpaired) electrons. The molecule has 0 saturated carbocycles. The Hall–Kier alpha value is -2.64. The molecule has 2 aliphatic heterocycles. The fraction of sp³-hybridized carbons (Fsp3) is 0.522. The summed E-state index contributed by atoms with van der Waals surface area (Å²) in [6.07, 6.45) is 3.74. The van der Waals surface area contributed by atoms with Gasteiger partial charge >= 0.3 is 5.97 Å². The van der Waals surface area contributed by atoms with E-state index in [-0.39, 0.29) is 28.9 Å². The van der Waals surface area contributed by atoms with E-state index in [0.717, 1.165) is 6.42 Å². The van der Waals surface area contributed by atoms with Crippen LogP contribution in [0.2, 0.25) is 0 Å². The van der Waals surface area contributed by atoms with Crippen molar-refractivity contribution in [2.24, 2.45) is 13.0 Å². The highest BCUT2D eigenvalue weighted by Crippen LogP contribution is 2.36. The van der Waals surface area contributed by atoms with Crippen molar-refractivity contribution in [2.75, 3.05) is 31.1 Å². The molecule has 8 nitrogen and oxygen atoms in total. The number of hydrogen-bond acceptors (Lipinski definition) is 8. The van der Waals surface area contributed by atoms with E-state index in [9.17, 15) is 19.6 Å². The molecule has 0 aliphatic carbocycles. The van der Waals surface area contributed by atoms with Gasteiger partial charge in [0, 0.05) is 32.2 Å². The van der Waals surface area contributed by atoms with E-state index in [2.05, 4.69) is 0 Å². The first-order valence-electron chi connectivity index (χ1n) is 11.1. The van der Waals surface area contributed by atoms with Crippen molar-refractivity contribution >= 4 is 52.1 Å². The van der Waals surface area contributed by atoms with Gasteiger partial charge in [0.05, 0.1) is 17.4 Å². The van der Waals surface area contributed by atoms with Crippen LogP contribution < -0.4 is 10.5 Å². The van der Waals surface area contributed by atoms with Crippen LogP contribution in [0.4, 0.5) is 5.82 Å². The zero-order chi connectivity index (χ0) is 24.3. The Balaban J connectivity index is 2.05. The molecule has 0 aromatic carbocycles. The third kappa shape index (κ3) is 4.84. The molecule has 2 fully saturated rings. The van der Waals surface area contributed by atoms with E-state index < -0.39 is 0 Å². The fourth-order valence-electron chi connectivity index (χ4n) is 4.23. The number of nitriles is 1. The summed E-state index contributed by atoms with van der Waals surface area (Å²) in [6.45, 7) is 7.51.